The van der Waals surface area contributed by atoms with Crippen LogP contribution < -0.4 is 5.32 Å². The Bertz CT molecular complexity index is 680. The highest BCUT2D eigenvalue weighted by atomic mass is 19.4. The number of nitriles is 1. The second-order valence-corrected chi connectivity index (χ2v) is 5.23. The number of hydrogen-bond donors (Lipinski definition) is 1. The summed E-state index contributed by atoms with van der Waals surface area (Å²) in [5.41, 5.74) is -1.45. The molecule has 2 rings (SSSR count). The zero-order chi connectivity index (χ0) is 17.2. The van der Waals surface area contributed by atoms with Crippen LogP contribution in [0.2, 0.25) is 0 Å². The molecule has 1 aromatic carbocycles. The van der Waals surface area contributed by atoms with E-state index in [9.17, 15) is 22.8 Å². The van der Waals surface area contributed by atoms with Crippen LogP contribution in [-0.2, 0) is 22.3 Å². The smallest absolute Gasteiger partial charge is 0.350 e. The minimum atomic E-state index is -4.64. The van der Waals surface area contributed by atoms with Gasteiger partial charge >= 0.3 is 6.18 Å². The van der Waals surface area contributed by atoms with Crippen LogP contribution in [0.15, 0.2) is 18.2 Å². The lowest BCUT2D eigenvalue weighted by atomic mass is 10.0. The van der Waals surface area contributed by atoms with Crippen molar-refractivity contribution in [1.29, 1.82) is 5.26 Å². The molecule has 1 aromatic rings. The highest BCUT2D eigenvalue weighted by Gasteiger charge is 2.35. The van der Waals surface area contributed by atoms with E-state index in [0.717, 1.165) is 6.07 Å². The molecule has 1 heterocycles. The molecule has 0 bridgehead atoms. The van der Waals surface area contributed by atoms with Crippen LogP contribution in [0, 0.1) is 11.3 Å². The van der Waals surface area contributed by atoms with E-state index in [1.807, 2.05) is 0 Å². The Morgan fingerprint density at radius 3 is 2.70 bits per heavy atom. The molecule has 2 amide bonds. The minimum absolute atomic E-state index is 0.0858. The van der Waals surface area contributed by atoms with Gasteiger partial charge in [0, 0.05) is 20.0 Å². The third-order valence-electron chi connectivity index (χ3n) is 3.82. The number of nitrogens with zero attached hydrogens (tertiary/aromatic N) is 2. The van der Waals surface area contributed by atoms with Crippen molar-refractivity contribution in [1.82, 2.24) is 10.2 Å². The first-order valence-electron chi connectivity index (χ1n) is 6.88. The minimum Gasteiger partial charge on any atom is -0.350 e. The number of halogens is 3. The van der Waals surface area contributed by atoms with Crippen LogP contribution in [0.1, 0.15) is 29.5 Å². The van der Waals surface area contributed by atoms with Crippen LogP contribution in [0.25, 0.3) is 0 Å². The molecule has 0 spiro atoms. The summed E-state index contributed by atoms with van der Waals surface area (Å²) in [6.45, 7) is -0.204. The Hall–Kier alpha value is -2.56. The Kier molecular flexibility index (Phi) is 4.59. The molecule has 1 fully saturated rings. The number of alkyl halides is 3. The Morgan fingerprint density at radius 1 is 1.48 bits per heavy atom. The molecule has 1 N–H and O–H groups in total. The number of hydrogen-bond acceptors (Lipinski definition) is 3. The van der Waals surface area contributed by atoms with Gasteiger partial charge in [-0.15, -0.1) is 0 Å². The SMILES string of the molecule is CN1C(=O)CCC1C(=O)NCc1cccc(C(F)(F)F)c1C#N. The van der Waals surface area contributed by atoms with Gasteiger partial charge in [0.1, 0.15) is 12.1 Å². The van der Waals surface area contributed by atoms with Crippen molar-refractivity contribution >= 4 is 11.8 Å². The van der Waals surface area contributed by atoms with Crippen LogP contribution in [0.3, 0.4) is 0 Å². The Balaban J connectivity index is 2.14. The highest BCUT2D eigenvalue weighted by Crippen LogP contribution is 2.33. The van der Waals surface area contributed by atoms with Gasteiger partial charge in [0.15, 0.2) is 0 Å². The predicted octanol–water partition coefficient (Wildman–Crippen LogP) is 1.81. The third-order valence-corrected chi connectivity index (χ3v) is 3.82. The van der Waals surface area contributed by atoms with Gasteiger partial charge in [0.05, 0.1) is 11.1 Å². The fourth-order valence-corrected chi connectivity index (χ4v) is 2.53. The second-order valence-electron chi connectivity index (χ2n) is 5.23. The normalized spacial score (nSPS) is 18.0. The van der Waals surface area contributed by atoms with E-state index in [1.165, 1.54) is 24.1 Å². The molecule has 1 aliphatic rings. The fraction of sp³-hybridized carbons (Fsp3) is 0.400. The lowest BCUT2D eigenvalue weighted by Gasteiger charge is -2.19. The molecule has 23 heavy (non-hydrogen) atoms. The maximum absolute atomic E-state index is 12.9. The van der Waals surface area contributed by atoms with E-state index in [-0.39, 0.29) is 24.4 Å². The quantitative estimate of drug-likeness (QED) is 0.921. The number of rotatable bonds is 3. The highest BCUT2D eigenvalue weighted by molar-refractivity contribution is 5.90. The molecule has 1 aliphatic heterocycles. The van der Waals surface area contributed by atoms with E-state index in [0.29, 0.717) is 6.42 Å². The van der Waals surface area contributed by atoms with E-state index in [2.05, 4.69) is 5.32 Å². The summed E-state index contributed by atoms with van der Waals surface area (Å²) in [6.07, 6.45) is -4.00. The van der Waals surface area contributed by atoms with Crippen molar-refractivity contribution in [2.45, 2.75) is 31.6 Å². The molecule has 5 nitrogen and oxygen atoms in total. The summed E-state index contributed by atoms with van der Waals surface area (Å²) in [5.74, 6) is -0.596. The lowest BCUT2D eigenvalue weighted by molar-refractivity contribution is -0.137. The fourth-order valence-electron chi connectivity index (χ4n) is 2.53. The van der Waals surface area contributed by atoms with Gasteiger partial charge in [-0.05, 0) is 18.1 Å². The molecule has 1 atom stereocenters. The van der Waals surface area contributed by atoms with Gasteiger partial charge in [0.25, 0.3) is 0 Å². The van der Waals surface area contributed by atoms with Gasteiger partial charge in [-0.3, -0.25) is 9.59 Å². The first-order valence-corrected chi connectivity index (χ1v) is 6.88. The number of amides is 2. The van der Waals surface area contributed by atoms with Crippen LogP contribution >= 0.6 is 0 Å². The maximum atomic E-state index is 12.9. The van der Waals surface area contributed by atoms with Gasteiger partial charge < -0.3 is 10.2 Å². The Labute approximate surface area is 130 Å². The van der Waals surface area contributed by atoms with E-state index >= 15 is 0 Å². The number of carbonyl (C=O) groups is 2. The van der Waals surface area contributed by atoms with Crippen molar-refractivity contribution in [2.24, 2.45) is 0 Å². The zero-order valence-electron chi connectivity index (χ0n) is 12.3. The summed E-state index contributed by atoms with van der Waals surface area (Å²) in [6, 6.07) is 4.29. The average Bonchev–Trinajstić information content (AvgIpc) is 2.83. The van der Waals surface area contributed by atoms with Gasteiger partial charge in [-0.1, -0.05) is 12.1 Å². The zero-order valence-corrected chi connectivity index (χ0v) is 12.3. The van der Waals surface area contributed by atoms with Crippen LogP contribution in [0.5, 0.6) is 0 Å². The largest absolute Gasteiger partial charge is 0.417 e. The number of likely N-dealkylation sites (tertiary alicyclic amines) is 1. The molecule has 0 aromatic heterocycles. The topological polar surface area (TPSA) is 73.2 Å². The Morgan fingerprint density at radius 2 is 2.17 bits per heavy atom. The molecule has 0 radical (unpaired) electrons. The molecule has 0 saturated carbocycles. The predicted molar refractivity (Wildman–Crippen MR) is 73.8 cm³/mol. The molecule has 1 unspecified atom stereocenters. The lowest BCUT2D eigenvalue weighted by Crippen LogP contribution is -2.42. The number of carbonyl (C=O) groups excluding carboxylic acids is 2. The van der Waals surface area contributed by atoms with Crippen molar-refractivity contribution in [2.75, 3.05) is 7.05 Å². The first-order chi connectivity index (χ1) is 10.8. The van der Waals surface area contributed by atoms with Crippen molar-refractivity contribution < 1.29 is 22.8 Å². The first kappa shape index (κ1) is 16.8. The van der Waals surface area contributed by atoms with Gasteiger partial charge in [-0.25, -0.2) is 0 Å². The van der Waals surface area contributed by atoms with Crippen molar-refractivity contribution in [3.63, 3.8) is 0 Å². The summed E-state index contributed by atoms with van der Waals surface area (Å²) in [5, 5.41) is 11.5. The second kappa shape index (κ2) is 6.28. The number of likely N-dealkylation sites (N-methyl/N-ethyl adjacent to an activating group) is 1. The number of nitrogens with one attached hydrogen (secondary N) is 1. The van der Waals surface area contributed by atoms with Crippen molar-refractivity contribution in [3.8, 4) is 6.07 Å². The monoisotopic (exact) mass is 325 g/mol. The molecule has 122 valence electrons. The maximum Gasteiger partial charge on any atom is 0.417 e. The molecule has 0 aliphatic carbocycles. The number of benzene rings is 1. The van der Waals surface area contributed by atoms with E-state index < -0.39 is 29.3 Å². The summed E-state index contributed by atoms with van der Waals surface area (Å²) >= 11 is 0. The van der Waals surface area contributed by atoms with Gasteiger partial charge in [-0.2, -0.15) is 18.4 Å². The van der Waals surface area contributed by atoms with Crippen LogP contribution in [0.4, 0.5) is 13.2 Å². The summed E-state index contributed by atoms with van der Waals surface area (Å²) < 4.78 is 38.6. The third kappa shape index (κ3) is 3.44. The van der Waals surface area contributed by atoms with E-state index in [1.54, 1.807) is 6.07 Å². The average molecular weight is 325 g/mol. The standard InChI is InChI=1S/C15H14F3N3O2/c1-21-12(5-6-13(21)22)14(23)20-8-9-3-2-4-11(10(9)7-19)15(16,17)18/h2-4,12H,5-6,8H2,1H3,(H,20,23). The van der Waals surface area contributed by atoms with Gasteiger partial charge in [0.2, 0.25) is 11.8 Å². The summed E-state index contributed by atoms with van der Waals surface area (Å²) in [4.78, 5) is 24.8. The molecule has 8 heteroatoms. The molecular formula is C15H14F3N3O2. The van der Waals surface area contributed by atoms with E-state index in [4.69, 9.17) is 5.26 Å². The molecule has 1 saturated heterocycles. The van der Waals surface area contributed by atoms with Crippen molar-refractivity contribution in [3.05, 3.63) is 34.9 Å². The summed E-state index contributed by atoms with van der Waals surface area (Å²) in [7, 11) is 1.50. The molecular weight excluding hydrogens is 311 g/mol. The van der Waals surface area contributed by atoms with Crippen LogP contribution in [-0.4, -0.2) is 29.8 Å².